The minimum absolute atomic E-state index is 0.0109. The van der Waals surface area contributed by atoms with Crippen molar-refractivity contribution >= 4 is 11.5 Å². The van der Waals surface area contributed by atoms with Crippen LogP contribution in [0.4, 0.5) is 0 Å². The summed E-state index contributed by atoms with van der Waals surface area (Å²) in [4.78, 5) is 14.1. The zero-order valence-electron chi connectivity index (χ0n) is 15.3. The minimum atomic E-state index is -0.0109. The van der Waals surface area contributed by atoms with Crippen LogP contribution in [0.25, 0.3) is 5.57 Å². The molecule has 25 heavy (non-hydrogen) atoms. The first-order valence-electron chi connectivity index (χ1n) is 8.25. The van der Waals surface area contributed by atoms with E-state index in [9.17, 15) is 4.79 Å². The Morgan fingerprint density at radius 2 is 1.72 bits per heavy atom. The quantitative estimate of drug-likeness (QED) is 0.720. The summed E-state index contributed by atoms with van der Waals surface area (Å²) in [5, 5.41) is 0. The van der Waals surface area contributed by atoms with Crippen LogP contribution in [0.15, 0.2) is 54.6 Å². The van der Waals surface area contributed by atoms with E-state index in [1.165, 1.54) is 0 Å². The number of carbonyl (C=O) groups excluding carboxylic acids is 1. The second-order valence-corrected chi connectivity index (χ2v) is 5.88. The third-order valence-corrected chi connectivity index (χ3v) is 4.17. The van der Waals surface area contributed by atoms with E-state index in [1.54, 1.807) is 25.2 Å². The average molecular weight is 339 g/mol. The van der Waals surface area contributed by atoms with Gasteiger partial charge in [0, 0.05) is 19.7 Å². The Balaban J connectivity index is 1.98. The van der Waals surface area contributed by atoms with E-state index in [1.807, 2.05) is 62.5 Å². The fraction of sp³-hybridized carbons (Fsp3) is 0.286. The van der Waals surface area contributed by atoms with Crippen LogP contribution in [0.1, 0.15) is 18.1 Å². The molecular formula is C21H25NO3. The van der Waals surface area contributed by atoms with Crippen molar-refractivity contribution in [3.8, 4) is 11.5 Å². The predicted molar refractivity (Wildman–Crippen MR) is 101 cm³/mol. The molecule has 0 heterocycles. The molecule has 2 rings (SSSR count). The second kappa shape index (κ2) is 8.92. The van der Waals surface area contributed by atoms with Gasteiger partial charge in [-0.1, -0.05) is 30.3 Å². The van der Waals surface area contributed by atoms with Gasteiger partial charge in [0.05, 0.1) is 14.2 Å². The molecule has 4 heteroatoms. The normalized spacial score (nSPS) is 11.1. The lowest BCUT2D eigenvalue weighted by atomic mass is 10.1. The van der Waals surface area contributed by atoms with E-state index in [0.29, 0.717) is 6.54 Å². The molecule has 0 aliphatic heterocycles. The zero-order valence-corrected chi connectivity index (χ0v) is 15.3. The molecule has 2 aromatic rings. The van der Waals surface area contributed by atoms with Crippen LogP contribution >= 0.6 is 0 Å². The van der Waals surface area contributed by atoms with Crippen molar-refractivity contribution in [3.05, 3.63) is 65.7 Å². The largest absolute Gasteiger partial charge is 0.497 e. The number of amides is 1. The van der Waals surface area contributed by atoms with E-state index >= 15 is 0 Å². The van der Waals surface area contributed by atoms with Gasteiger partial charge in [-0.2, -0.15) is 0 Å². The van der Waals surface area contributed by atoms with Gasteiger partial charge in [-0.25, -0.2) is 0 Å². The predicted octanol–water partition coefficient (Wildman–Crippen LogP) is 3.81. The number of para-hydroxylation sites is 1. The van der Waals surface area contributed by atoms with Gasteiger partial charge in [0.25, 0.3) is 0 Å². The van der Waals surface area contributed by atoms with Crippen molar-refractivity contribution in [2.75, 3.05) is 27.8 Å². The molecule has 1 amide bonds. The molecule has 0 saturated carbocycles. The summed E-state index contributed by atoms with van der Waals surface area (Å²) in [5.41, 5.74) is 3.03. The van der Waals surface area contributed by atoms with Crippen LogP contribution in [0, 0.1) is 0 Å². The van der Waals surface area contributed by atoms with Crippen molar-refractivity contribution in [1.82, 2.24) is 4.90 Å². The highest BCUT2D eigenvalue weighted by Gasteiger charge is 2.09. The molecule has 0 N–H and O–H groups in total. The number of hydrogen-bond acceptors (Lipinski definition) is 3. The summed E-state index contributed by atoms with van der Waals surface area (Å²) < 4.78 is 10.5. The number of likely N-dealkylation sites (N-methyl/N-ethyl adjacent to an activating group) is 1. The molecule has 0 radical (unpaired) electrons. The monoisotopic (exact) mass is 339 g/mol. The maximum atomic E-state index is 12.4. The number of hydrogen-bond donors (Lipinski definition) is 0. The molecule has 0 spiro atoms. The summed E-state index contributed by atoms with van der Waals surface area (Å²) in [7, 11) is 5.11. The van der Waals surface area contributed by atoms with Crippen LogP contribution in [-0.4, -0.2) is 38.6 Å². The number of allylic oxidation sites excluding steroid dienone is 1. The maximum Gasteiger partial charge on any atom is 0.246 e. The minimum Gasteiger partial charge on any atom is -0.497 e. The van der Waals surface area contributed by atoms with Crippen molar-refractivity contribution in [1.29, 1.82) is 0 Å². The maximum absolute atomic E-state index is 12.4. The van der Waals surface area contributed by atoms with Crippen molar-refractivity contribution < 1.29 is 14.3 Å². The van der Waals surface area contributed by atoms with E-state index in [-0.39, 0.29) is 5.91 Å². The fourth-order valence-electron chi connectivity index (χ4n) is 2.54. The molecule has 0 aromatic heterocycles. The van der Waals surface area contributed by atoms with Crippen LogP contribution in [0.5, 0.6) is 11.5 Å². The van der Waals surface area contributed by atoms with Gasteiger partial charge in [0.15, 0.2) is 0 Å². The van der Waals surface area contributed by atoms with Gasteiger partial charge in [-0.3, -0.25) is 4.79 Å². The van der Waals surface area contributed by atoms with Gasteiger partial charge >= 0.3 is 0 Å². The molecule has 0 unspecified atom stereocenters. The van der Waals surface area contributed by atoms with Crippen LogP contribution in [0.2, 0.25) is 0 Å². The van der Waals surface area contributed by atoms with Crippen LogP contribution in [-0.2, 0) is 11.2 Å². The molecule has 0 aliphatic rings. The number of nitrogens with zero attached hydrogens (tertiary/aromatic N) is 1. The highest BCUT2D eigenvalue weighted by Crippen LogP contribution is 2.19. The number of benzene rings is 2. The standard InChI is InChI=1S/C21H25NO3/c1-16(17-9-11-19(24-3)12-10-17)15-21(23)22(2)14-13-18-7-5-6-8-20(18)25-4/h5-12,15H,13-14H2,1-4H3/b16-15+. The second-order valence-electron chi connectivity index (χ2n) is 5.88. The first-order valence-corrected chi connectivity index (χ1v) is 8.25. The summed E-state index contributed by atoms with van der Waals surface area (Å²) in [5.74, 6) is 1.65. The van der Waals surface area contributed by atoms with Gasteiger partial charge in [0.1, 0.15) is 11.5 Å². The van der Waals surface area contributed by atoms with Crippen molar-refractivity contribution in [2.24, 2.45) is 0 Å². The Morgan fingerprint density at radius 1 is 1.04 bits per heavy atom. The highest BCUT2D eigenvalue weighted by atomic mass is 16.5. The first kappa shape index (κ1) is 18.6. The fourth-order valence-corrected chi connectivity index (χ4v) is 2.54. The Labute approximate surface area is 149 Å². The van der Waals surface area contributed by atoms with Gasteiger partial charge in [-0.15, -0.1) is 0 Å². The molecule has 0 saturated heterocycles. The zero-order chi connectivity index (χ0) is 18.2. The van der Waals surface area contributed by atoms with E-state index in [2.05, 4.69) is 0 Å². The Morgan fingerprint density at radius 3 is 2.36 bits per heavy atom. The summed E-state index contributed by atoms with van der Waals surface area (Å²) >= 11 is 0. The topological polar surface area (TPSA) is 38.8 Å². The SMILES string of the molecule is COc1ccc(/C(C)=C/C(=O)N(C)CCc2ccccc2OC)cc1. The number of ether oxygens (including phenoxy) is 2. The van der Waals surface area contributed by atoms with E-state index < -0.39 is 0 Å². The van der Waals surface area contributed by atoms with Gasteiger partial charge < -0.3 is 14.4 Å². The molecule has 0 atom stereocenters. The molecule has 0 fully saturated rings. The number of methoxy groups -OCH3 is 2. The van der Waals surface area contributed by atoms with Gasteiger partial charge in [-0.05, 0) is 48.2 Å². The van der Waals surface area contributed by atoms with Crippen molar-refractivity contribution in [2.45, 2.75) is 13.3 Å². The van der Waals surface area contributed by atoms with Gasteiger partial charge in [0.2, 0.25) is 5.91 Å². The summed E-state index contributed by atoms with van der Waals surface area (Å²) in [6.45, 7) is 2.57. The third-order valence-electron chi connectivity index (χ3n) is 4.17. The molecule has 0 aliphatic carbocycles. The van der Waals surface area contributed by atoms with Crippen molar-refractivity contribution in [3.63, 3.8) is 0 Å². The lowest BCUT2D eigenvalue weighted by Gasteiger charge is -2.17. The molecule has 132 valence electrons. The Bertz CT molecular complexity index is 735. The Kier molecular flexibility index (Phi) is 6.63. The summed E-state index contributed by atoms with van der Waals surface area (Å²) in [6.07, 6.45) is 2.42. The lowest BCUT2D eigenvalue weighted by Crippen LogP contribution is -2.27. The number of carbonyl (C=O) groups is 1. The third kappa shape index (κ3) is 5.11. The molecule has 4 nitrogen and oxygen atoms in total. The lowest BCUT2D eigenvalue weighted by molar-refractivity contribution is -0.124. The van der Waals surface area contributed by atoms with E-state index in [0.717, 1.165) is 34.6 Å². The smallest absolute Gasteiger partial charge is 0.246 e. The first-order chi connectivity index (χ1) is 12.0. The molecule has 0 bridgehead atoms. The van der Waals surface area contributed by atoms with Crippen LogP contribution in [0.3, 0.4) is 0 Å². The molecule has 2 aromatic carbocycles. The van der Waals surface area contributed by atoms with Crippen LogP contribution < -0.4 is 9.47 Å². The van der Waals surface area contributed by atoms with E-state index in [4.69, 9.17) is 9.47 Å². The number of rotatable bonds is 7. The molecular weight excluding hydrogens is 314 g/mol. The highest BCUT2D eigenvalue weighted by molar-refractivity contribution is 5.94. The summed E-state index contributed by atoms with van der Waals surface area (Å²) in [6, 6.07) is 15.6. The average Bonchev–Trinajstić information content (AvgIpc) is 2.66. The Hall–Kier alpha value is -2.75.